The number of hydrogen-bond acceptors (Lipinski definition) is 1. The van der Waals surface area contributed by atoms with Crippen LogP contribution in [0.3, 0.4) is 0 Å². The third-order valence-corrected chi connectivity index (χ3v) is 4.77. The van der Waals surface area contributed by atoms with Gasteiger partial charge in [-0.15, -0.1) is 0 Å². The quantitative estimate of drug-likeness (QED) is 0.588. The standard InChI is InChI=1S/C11H20O/c1-6-8-5-9(11(8,3)4)7(2)10(6)12/h6-10,12H,5H2,1-4H3/t6-,7?,8-,9+,10+/m0/s1. The summed E-state index contributed by atoms with van der Waals surface area (Å²) < 4.78 is 0. The minimum absolute atomic E-state index is 0.0400. The van der Waals surface area contributed by atoms with Crippen molar-refractivity contribution < 1.29 is 5.11 Å². The first-order chi connectivity index (χ1) is 5.46. The fraction of sp³-hybridized carbons (Fsp3) is 1.00. The molecule has 1 nitrogen and oxygen atoms in total. The largest absolute Gasteiger partial charge is 0.393 e. The zero-order chi connectivity index (χ0) is 9.09. The fourth-order valence-corrected chi connectivity index (χ4v) is 3.73. The Balaban J connectivity index is 2.24. The van der Waals surface area contributed by atoms with Crippen LogP contribution in [0.2, 0.25) is 0 Å². The monoisotopic (exact) mass is 168 g/mol. The molecule has 0 aliphatic heterocycles. The lowest BCUT2D eigenvalue weighted by Crippen LogP contribution is -2.60. The van der Waals surface area contributed by atoms with Crippen LogP contribution in [0.15, 0.2) is 0 Å². The molecule has 1 unspecified atom stereocenters. The average Bonchev–Trinajstić information content (AvgIpc) is 1.98. The normalized spacial score (nSPS) is 56.2. The van der Waals surface area contributed by atoms with Crippen molar-refractivity contribution in [2.75, 3.05) is 0 Å². The molecule has 0 amide bonds. The maximum absolute atomic E-state index is 9.88. The number of aliphatic hydroxyl groups excluding tert-OH is 1. The predicted molar refractivity (Wildman–Crippen MR) is 49.7 cm³/mol. The summed E-state index contributed by atoms with van der Waals surface area (Å²) in [6.45, 7) is 9.15. The summed E-state index contributed by atoms with van der Waals surface area (Å²) in [4.78, 5) is 0. The minimum Gasteiger partial charge on any atom is -0.393 e. The van der Waals surface area contributed by atoms with Gasteiger partial charge in [0.1, 0.15) is 0 Å². The van der Waals surface area contributed by atoms with E-state index in [1.807, 2.05) is 0 Å². The first-order valence-corrected chi connectivity index (χ1v) is 5.14. The number of rotatable bonds is 0. The Kier molecular flexibility index (Phi) is 1.61. The van der Waals surface area contributed by atoms with Gasteiger partial charge in [-0.25, -0.2) is 0 Å². The molecule has 1 N–H and O–H groups in total. The van der Waals surface area contributed by atoms with Crippen LogP contribution in [-0.4, -0.2) is 11.2 Å². The van der Waals surface area contributed by atoms with Gasteiger partial charge in [-0.1, -0.05) is 27.7 Å². The van der Waals surface area contributed by atoms with E-state index in [4.69, 9.17) is 0 Å². The SMILES string of the molecule is CC1[C@H]2C[C@@H]([C@H](C)[C@H]1O)C2(C)C. The molecule has 5 atom stereocenters. The molecule has 2 bridgehead atoms. The van der Waals surface area contributed by atoms with E-state index in [1.165, 1.54) is 6.42 Å². The number of hydrogen-bond donors (Lipinski definition) is 1. The van der Waals surface area contributed by atoms with Crippen molar-refractivity contribution in [2.24, 2.45) is 29.1 Å². The van der Waals surface area contributed by atoms with E-state index in [0.29, 0.717) is 17.3 Å². The second kappa shape index (κ2) is 2.25. The highest BCUT2D eigenvalue weighted by Gasteiger charge is 2.59. The Morgan fingerprint density at radius 3 is 1.83 bits per heavy atom. The highest BCUT2D eigenvalue weighted by atomic mass is 16.3. The highest BCUT2D eigenvalue weighted by molar-refractivity contribution is 5.07. The van der Waals surface area contributed by atoms with Gasteiger partial charge < -0.3 is 5.11 Å². The van der Waals surface area contributed by atoms with Crippen LogP contribution in [0.25, 0.3) is 0 Å². The van der Waals surface area contributed by atoms with Gasteiger partial charge in [0.2, 0.25) is 0 Å². The average molecular weight is 168 g/mol. The Labute approximate surface area is 75.2 Å². The lowest BCUT2D eigenvalue weighted by Gasteiger charge is -2.64. The first-order valence-electron chi connectivity index (χ1n) is 5.14. The van der Waals surface area contributed by atoms with Gasteiger partial charge in [0.05, 0.1) is 6.10 Å². The Morgan fingerprint density at radius 1 is 1.08 bits per heavy atom. The molecule has 3 fully saturated rings. The van der Waals surface area contributed by atoms with Gasteiger partial charge in [-0.05, 0) is 35.5 Å². The molecular weight excluding hydrogens is 148 g/mol. The van der Waals surface area contributed by atoms with Crippen LogP contribution in [0.4, 0.5) is 0 Å². The molecule has 3 aliphatic carbocycles. The molecule has 0 heterocycles. The zero-order valence-electron chi connectivity index (χ0n) is 8.54. The summed E-state index contributed by atoms with van der Waals surface area (Å²) in [6, 6.07) is 0. The van der Waals surface area contributed by atoms with Crippen molar-refractivity contribution in [3.63, 3.8) is 0 Å². The van der Waals surface area contributed by atoms with Crippen molar-refractivity contribution in [3.05, 3.63) is 0 Å². The molecule has 12 heavy (non-hydrogen) atoms. The van der Waals surface area contributed by atoms with E-state index in [1.54, 1.807) is 0 Å². The van der Waals surface area contributed by atoms with Crippen molar-refractivity contribution in [1.29, 1.82) is 0 Å². The van der Waals surface area contributed by atoms with Gasteiger partial charge in [-0.2, -0.15) is 0 Å². The van der Waals surface area contributed by atoms with Gasteiger partial charge >= 0.3 is 0 Å². The molecule has 0 aromatic heterocycles. The van der Waals surface area contributed by atoms with Crippen LogP contribution in [0, 0.1) is 29.1 Å². The summed E-state index contributed by atoms with van der Waals surface area (Å²) >= 11 is 0. The number of fused-ring (bicyclic) bond motifs is 2. The van der Waals surface area contributed by atoms with Gasteiger partial charge in [0, 0.05) is 0 Å². The Morgan fingerprint density at radius 2 is 1.50 bits per heavy atom. The van der Waals surface area contributed by atoms with E-state index < -0.39 is 0 Å². The maximum Gasteiger partial charge on any atom is 0.0596 e. The molecule has 3 saturated carbocycles. The van der Waals surface area contributed by atoms with E-state index in [-0.39, 0.29) is 6.10 Å². The molecule has 0 aromatic carbocycles. The van der Waals surface area contributed by atoms with Crippen LogP contribution < -0.4 is 0 Å². The van der Waals surface area contributed by atoms with Crippen LogP contribution in [0.1, 0.15) is 34.1 Å². The van der Waals surface area contributed by atoms with Crippen LogP contribution >= 0.6 is 0 Å². The fourth-order valence-electron chi connectivity index (χ4n) is 3.73. The van der Waals surface area contributed by atoms with E-state index in [9.17, 15) is 5.11 Å². The van der Waals surface area contributed by atoms with Crippen LogP contribution in [-0.2, 0) is 0 Å². The van der Waals surface area contributed by atoms with E-state index in [0.717, 1.165) is 11.8 Å². The van der Waals surface area contributed by atoms with Crippen LogP contribution in [0.5, 0.6) is 0 Å². The van der Waals surface area contributed by atoms with Gasteiger partial charge in [0.25, 0.3) is 0 Å². The lowest BCUT2D eigenvalue weighted by atomic mass is 9.42. The van der Waals surface area contributed by atoms with Crippen molar-refractivity contribution in [2.45, 2.75) is 40.2 Å². The molecule has 0 saturated heterocycles. The molecule has 0 spiro atoms. The summed E-state index contributed by atoms with van der Waals surface area (Å²) in [6.07, 6.45) is 1.31. The maximum atomic E-state index is 9.88. The second-order valence-electron chi connectivity index (χ2n) is 5.48. The van der Waals surface area contributed by atoms with Crippen molar-refractivity contribution in [1.82, 2.24) is 0 Å². The first kappa shape index (κ1) is 8.55. The lowest BCUT2D eigenvalue weighted by molar-refractivity contribution is -0.190. The molecule has 3 aliphatic rings. The molecule has 0 radical (unpaired) electrons. The molecule has 1 heteroatoms. The second-order valence-corrected chi connectivity index (χ2v) is 5.48. The van der Waals surface area contributed by atoms with Gasteiger partial charge in [0.15, 0.2) is 0 Å². The van der Waals surface area contributed by atoms with Gasteiger partial charge in [-0.3, -0.25) is 0 Å². The third-order valence-electron chi connectivity index (χ3n) is 4.77. The predicted octanol–water partition coefficient (Wildman–Crippen LogP) is 2.30. The van der Waals surface area contributed by atoms with E-state index >= 15 is 0 Å². The highest BCUT2D eigenvalue weighted by Crippen LogP contribution is 2.63. The molecule has 3 rings (SSSR count). The summed E-state index contributed by atoms with van der Waals surface area (Å²) in [5.41, 5.74) is 0.498. The Hall–Kier alpha value is -0.0400. The van der Waals surface area contributed by atoms with Crippen molar-refractivity contribution in [3.8, 4) is 0 Å². The molecule has 70 valence electrons. The summed E-state index contributed by atoms with van der Waals surface area (Å²) in [7, 11) is 0. The molecular formula is C11H20O. The van der Waals surface area contributed by atoms with Crippen molar-refractivity contribution >= 4 is 0 Å². The summed E-state index contributed by atoms with van der Waals surface area (Å²) in [5, 5.41) is 9.88. The number of aliphatic hydroxyl groups is 1. The minimum atomic E-state index is -0.0400. The topological polar surface area (TPSA) is 20.2 Å². The Bertz CT molecular complexity index is 179. The van der Waals surface area contributed by atoms with E-state index in [2.05, 4.69) is 27.7 Å². The zero-order valence-corrected chi connectivity index (χ0v) is 8.54. The summed E-state index contributed by atoms with van der Waals surface area (Å²) in [5.74, 6) is 2.57. The third kappa shape index (κ3) is 0.783. The molecule has 0 aromatic rings. The smallest absolute Gasteiger partial charge is 0.0596 e.